The van der Waals surface area contributed by atoms with E-state index in [2.05, 4.69) is 38.0 Å². The zero-order valence-electron chi connectivity index (χ0n) is 10.6. The van der Waals surface area contributed by atoms with E-state index in [1.54, 1.807) is 6.20 Å². The number of aromatic nitrogens is 2. The smallest absolute Gasteiger partial charge is 0.0485 e. The first-order chi connectivity index (χ1) is 9.25. The van der Waals surface area contributed by atoms with Gasteiger partial charge in [0.2, 0.25) is 0 Å². The van der Waals surface area contributed by atoms with Crippen molar-refractivity contribution < 1.29 is 0 Å². The minimum atomic E-state index is -0.0426. The van der Waals surface area contributed by atoms with E-state index in [1.807, 2.05) is 18.5 Å². The maximum absolute atomic E-state index is 6.45. The van der Waals surface area contributed by atoms with Crippen LogP contribution < -0.4 is 5.73 Å². The molecular formula is C15H16BrN3. The summed E-state index contributed by atoms with van der Waals surface area (Å²) in [5.41, 5.74) is 10.0. The normalized spacial score (nSPS) is 19.8. The van der Waals surface area contributed by atoms with Gasteiger partial charge in [-0.2, -0.15) is 0 Å². The van der Waals surface area contributed by atoms with Crippen LogP contribution in [0.4, 0.5) is 0 Å². The van der Waals surface area contributed by atoms with E-state index in [1.165, 1.54) is 17.7 Å². The molecule has 0 spiro atoms. The first-order valence-corrected chi connectivity index (χ1v) is 7.35. The van der Waals surface area contributed by atoms with Crippen molar-refractivity contribution in [1.82, 2.24) is 9.97 Å². The molecular weight excluding hydrogens is 302 g/mol. The molecule has 0 aromatic carbocycles. The van der Waals surface area contributed by atoms with Crippen LogP contribution in [0.15, 0.2) is 41.3 Å². The summed E-state index contributed by atoms with van der Waals surface area (Å²) >= 11 is 3.45. The molecule has 2 atom stereocenters. The molecule has 3 nitrogen and oxygen atoms in total. The van der Waals surface area contributed by atoms with E-state index in [-0.39, 0.29) is 6.04 Å². The largest absolute Gasteiger partial charge is 0.323 e. The Morgan fingerprint density at radius 3 is 3.11 bits per heavy atom. The average Bonchev–Trinajstić information content (AvgIpc) is 2.46. The maximum Gasteiger partial charge on any atom is 0.0485 e. The molecule has 2 aromatic heterocycles. The highest BCUT2D eigenvalue weighted by Gasteiger charge is 2.27. The Hall–Kier alpha value is -1.26. The lowest BCUT2D eigenvalue weighted by Gasteiger charge is -2.29. The van der Waals surface area contributed by atoms with Crippen molar-refractivity contribution in [3.05, 3.63) is 58.1 Å². The Morgan fingerprint density at radius 1 is 1.37 bits per heavy atom. The molecule has 0 fully saturated rings. The van der Waals surface area contributed by atoms with E-state index in [0.29, 0.717) is 5.92 Å². The molecule has 0 radical (unpaired) electrons. The van der Waals surface area contributed by atoms with Crippen LogP contribution in [-0.2, 0) is 6.42 Å². The van der Waals surface area contributed by atoms with Gasteiger partial charge in [-0.15, -0.1) is 0 Å². The second-order valence-electron chi connectivity index (χ2n) is 5.01. The summed E-state index contributed by atoms with van der Waals surface area (Å²) in [6.45, 7) is 0. The second-order valence-corrected chi connectivity index (χ2v) is 5.92. The molecule has 4 heteroatoms. The van der Waals surface area contributed by atoms with Crippen molar-refractivity contribution in [3.8, 4) is 0 Å². The summed E-state index contributed by atoms with van der Waals surface area (Å²) < 4.78 is 0.970. The maximum atomic E-state index is 6.45. The molecule has 0 amide bonds. The summed E-state index contributed by atoms with van der Waals surface area (Å²) in [4.78, 5) is 8.77. The fraction of sp³-hybridized carbons (Fsp3) is 0.333. The lowest BCUT2D eigenvalue weighted by molar-refractivity contribution is 0.462. The number of rotatable bonds is 2. The van der Waals surface area contributed by atoms with Gasteiger partial charge in [-0.1, -0.05) is 6.07 Å². The van der Waals surface area contributed by atoms with Crippen LogP contribution >= 0.6 is 15.9 Å². The first-order valence-electron chi connectivity index (χ1n) is 6.55. The van der Waals surface area contributed by atoms with E-state index in [0.717, 1.165) is 22.9 Å². The zero-order chi connectivity index (χ0) is 13.2. The second kappa shape index (κ2) is 5.39. The van der Waals surface area contributed by atoms with Gasteiger partial charge in [-0.25, -0.2) is 0 Å². The third-order valence-electron chi connectivity index (χ3n) is 3.78. The van der Waals surface area contributed by atoms with Crippen LogP contribution in [0.2, 0.25) is 0 Å². The Kier molecular flexibility index (Phi) is 3.62. The summed E-state index contributed by atoms with van der Waals surface area (Å²) in [6.07, 6.45) is 8.89. The minimum absolute atomic E-state index is 0.0426. The molecule has 0 aliphatic heterocycles. The van der Waals surface area contributed by atoms with E-state index in [9.17, 15) is 0 Å². The fourth-order valence-electron chi connectivity index (χ4n) is 2.84. The molecule has 1 aliphatic rings. The van der Waals surface area contributed by atoms with Crippen molar-refractivity contribution >= 4 is 15.9 Å². The third-order valence-corrected chi connectivity index (χ3v) is 4.22. The number of hydrogen-bond acceptors (Lipinski definition) is 3. The molecule has 0 saturated heterocycles. The number of pyridine rings is 2. The van der Waals surface area contributed by atoms with Crippen LogP contribution in [0.1, 0.15) is 41.6 Å². The Bertz CT molecular complexity index is 585. The zero-order valence-corrected chi connectivity index (χ0v) is 12.2. The highest BCUT2D eigenvalue weighted by molar-refractivity contribution is 9.10. The minimum Gasteiger partial charge on any atom is -0.323 e. The van der Waals surface area contributed by atoms with Crippen LogP contribution in [0.5, 0.6) is 0 Å². The number of nitrogens with two attached hydrogens (primary N) is 1. The molecule has 0 bridgehead atoms. The fourth-order valence-corrected chi connectivity index (χ4v) is 3.22. The van der Waals surface area contributed by atoms with Crippen molar-refractivity contribution in [1.29, 1.82) is 0 Å². The first kappa shape index (κ1) is 12.8. The van der Waals surface area contributed by atoms with Gasteiger partial charge in [-0.3, -0.25) is 9.97 Å². The number of halogens is 1. The quantitative estimate of drug-likeness (QED) is 0.924. The van der Waals surface area contributed by atoms with Gasteiger partial charge in [0.15, 0.2) is 0 Å². The van der Waals surface area contributed by atoms with Crippen molar-refractivity contribution in [2.45, 2.75) is 31.2 Å². The van der Waals surface area contributed by atoms with E-state index in [4.69, 9.17) is 5.73 Å². The predicted octanol–water partition coefficient (Wildman–Crippen LogP) is 3.36. The molecule has 2 unspecified atom stereocenters. The standard InChI is InChI=1S/C15H16BrN3/c16-12-7-11(8-18-9-12)14(17)13-5-1-3-10-4-2-6-19-15(10)13/h2,4,6-9,13-14H,1,3,5,17H2. The molecule has 2 N–H and O–H groups in total. The van der Waals surface area contributed by atoms with Crippen LogP contribution in [-0.4, -0.2) is 9.97 Å². The Balaban J connectivity index is 1.95. The van der Waals surface area contributed by atoms with Gasteiger partial charge in [0.25, 0.3) is 0 Å². The lowest BCUT2D eigenvalue weighted by Crippen LogP contribution is -2.24. The number of fused-ring (bicyclic) bond motifs is 1. The van der Waals surface area contributed by atoms with Gasteiger partial charge in [0.1, 0.15) is 0 Å². The number of hydrogen-bond donors (Lipinski definition) is 1. The average molecular weight is 318 g/mol. The SMILES string of the molecule is NC(c1cncc(Br)c1)C1CCCc2cccnc21. The van der Waals surface area contributed by atoms with Gasteiger partial charge in [0, 0.05) is 40.7 Å². The summed E-state index contributed by atoms with van der Waals surface area (Å²) in [5.74, 6) is 0.293. The number of nitrogens with zero attached hydrogens (tertiary/aromatic N) is 2. The summed E-state index contributed by atoms with van der Waals surface area (Å²) in [7, 11) is 0. The van der Waals surface area contributed by atoms with Gasteiger partial charge >= 0.3 is 0 Å². The molecule has 19 heavy (non-hydrogen) atoms. The molecule has 2 heterocycles. The van der Waals surface area contributed by atoms with Crippen LogP contribution in [0.25, 0.3) is 0 Å². The van der Waals surface area contributed by atoms with Gasteiger partial charge in [0.05, 0.1) is 0 Å². The van der Waals surface area contributed by atoms with Crippen molar-refractivity contribution in [2.24, 2.45) is 5.73 Å². The summed E-state index contributed by atoms with van der Waals surface area (Å²) in [5, 5.41) is 0. The van der Waals surface area contributed by atoms with Crippen LogP contribution in [0.3, 0.4) is 0 Å². The monoisotopic (exact) mass is 317 g/mol. The Morgan fingerprint density at radius 2 is 2.26 bits per heavy atom. The highest BCUT2D eigenvalue weighted by atomic mass is 79.9. The molecule has 2 aromatic rings. The van der Waals surface area contributed by atoms with Crippen molar-refractivity contribution in [2.75, 3.05) is 0 Å². The summed E-state index contributed by atoms with van der Waals surface area (Å²) in [6, 6.07) is 6.18. The topological polar surface area (TPSA) is 51.8 Å². The van der Waals surface area contributed by atoms with Crippen molar-refractivity contribution in [3.63, 3.8) is 0 Å². The molecule has 3 rings (SSSR count). The molecule has 1 aliphatic carbocycles. The molecule has 0 saturated carbocycles. The van der Waals surface area contributed by atoms with E-state index >= 15 is 0 Å². The lowest BCUT2D eigenvalue weighted by atomic mass is 9.80. The Labute approximate surface area is 121 Å². The van der Waals surface area contributed by atoms with Gasteiger partial charge < -0.3 is 5.73 Å². The van der Waals surface area contributed by atoms with Crippen LogP contribution in [0, 0.1) is 0 Å². The highest BCUT2D eigenvalue weighted by Crippen LogP contribution is 2.37. The van der Waals surface area contributed by atoms with E-state index < -0.39 is 0 Å². The third kappa shape index (κ3) is 2.55. The predicted molar refractivity (Wildman–Crippen MR) is 78.8 cm³/mol. The van der Waals surface area contributed by atoms with Gasteiger partial charge in [-0.05, 0) is 58.5 Å². The molecule has 98 valence electrons. The number of aryl methyl sites for hydroxylation is 1.